The zero-order chi connectivity index (χ0) is 13.1. The second-order valence-electron chi connectivity index (χ2n) is 6.47. The predicted octanol–water partition coefficient (Wildman–Crippen LogP) is 3.57. The maximum Gasteiger partial charge on any atom is 0.0369 e. The molecule has 0 unspecified atom stereocenters. The van der Waals surface area contributed by atoms with Gasteiger partial charge in [-0.1, -0.05) is 37.8 Å². The lowest BCUT2D eigenvalue weighted by atomic mass is 9.73. The Morgan fingerprint density at radius 1 is 1.11 bits per heavy atom. The van der Waals surface area contributed by atoms with Gasteiger partial charge in [0.1, 0.15) is 0 Å². The molecule has 2 heteroatoms. The van der Waals surface area contributed by atoms with E-state index in [-0.39, 0.29) is 0 Å². The lowest BCUT2D eigenvalue weighted by Crippen LogP contribution is -2.56. The highest BCUT2D eigenvalue weighted by Gasteiger charge is 2.42. The Morgan fingerprint density at radius 3 is 2.53 bits per heavy atom. The van der Waals surface area contributed by atoms with Crippen molar-refractivity contribution in [2.24, 2.45) is 5.41 Å². The number of nitrogens with one attached hydrogen (secondary N) is 1. The first kappa shape index (κ1) is 13.0. The molecule has 1 aliphatic heterocycles. The van der Waals surface area contributed by atoms with Gasteiger partial charge in [0.2, 0.25) is 0 Å². The molecule has 0 bridgehead atoms. The summed E-state index contributed by atoms with van der Waals surface area (Å²) in [6.07, 6.45) is 8.74. The lowest BCUT2D eigenvalue weighted by Gasteiger charge is -2.51. The van der Waals surface area contributed by atoms with Crippen molar-refractivity contribution in [3.63, 3.8) is 0 Å². The molecule has 2 nitrogen and oxygen atoms in total. The summed E-state index contributed by atoms with van der Waals surface area (Å²) in [6, 6.07) is 9.02. The summed E-state index contributed by atoms with van der Waals surface area (Å²) in [5.74, 6) is 0. The van der Waals surface area contributed by atoms with Gasteiger partial charge in [-0.3, -0.25) is 0 Å². The highest BCUT2D eigenvalue weighted by Crippen LogP contribution is 2.44. The van der Waals surface area contributed by atoms with Crippen LogP contribution in [0.2, 0.25) is 0 Å². The van der Waals surface area contributed by atoms with Gasteiger partial charge in [-0.05, 0) is 37.6 Å². The summed E-state index contributed by atoms with van der Waals surface area (Å²) >= 11 is 0. The molecule has 104 valence electrons. The van der Waals surface area contributed by atoms with E-state index < -0.39 is 0 Å². The molecule has 1 aromatic rings. The SMILES string of the molecule is CNCc1cccc(N2CC3(CCCCCC3)C2)c1. The van der Waals surface area contributed by atoms with Crippen molar-refractivity contribution >= 4 is 5.69 Å². The predicted molar refractivity (Wildman–Crippen MR) is 81.6 cm³/mol. The molecule has 1 saturated carbocycles. The molecule has 1 aliphatic carbocycles. The minimum Gasteiger partial charge on any atom is -0.370 e. The quantitative estimate of drug-likeness (QED) is 0.891. The van der Waals surface area contributed by atoms with Crippen LogP contribution in [0.4, 0.5) is 5.69 Å². The molecule has 1 N–H and O–H groups in total. The van der Waals surface area contributed by atoms with E-state index in [1.54, 1.807) is 0 Å². The molecule has 1 spiro atoms. The van der Waals surface area contributed by atoms with Gasteiger partial charge in [0.25, 0.3) is 0 Å². The van der Waals surface area contributed by atoms with Crippen LogP contribution < -0.4 is 10.2 Å². The Morgan fingerprint density at radius 2 is 1.84 bits per heavy atom. The summed E-state index contributed by atoms with van der Waals surface area (Å²) in [5.41, 5.74) is 3.47. The van der Waals surface area contributed by atoms with Crippen LogP contribution in [-0.2, 0) is 6.54 Å². The molecule has 2 aliphatic rings. The van der Waals surface area contributed by atoms with Crippen molar-refractivity contribution in [3.05, 3.63) is 29.8 Å². The summed E-state index contributed by atoms with van der Waals surface area (Å²) in [5, 5.41) is 3.23. The molecule has 0 amide bonds. The average Bonchev–Trinajstić information content (AvgIpc) is 2.63. The number of rotatable bonds is 3. The normalized spacial score (nSPS) is 22.1. The Bertz CT molecular complexity index is 411. The van der Waals surface area contributed by atoms with E-state index in [1.807, 2.05) is 7.05 Å². The zero-order valence-corrected chi connectivity index (χ0v) is 12.1. The second-order valence-corrected chi connectivity index (χ2v) is 6.47. The molecule has 1 saturated heterocycles. The molecule has 3 rings (SSSR count). The topological polar surface area (TPSA) is 15.3 Å². The number of hydrogen-bond acceptors (Lipinski definition) is 2. The second kappa shape index (κ2) is 5.54. The largest absolute Gasteiger partial charge is 0.370 e. The van der Waals surface area contributed by atoms with Gasteiger partial charge < -0.3 is 10.2 Å². The first-order chi connectivity index (χ1) is 9.31. The van der Waals surface area contributed by atoms with E-state index in [0.29, 0.717) is 5.41 Å². The van der Waals surface area contributed by atoms with E-state index in [1.165, 1.54) is 62.9 Å². The Hall–Kier alpha value is -1.02. The number of nitrogens with zero attached hydrogens (tertiary/aromatic N) is 1. The fourth-order valence-electron chi connectivity index (χ4n) is 3.81. The molecular formula is C17H26N2. The molecule has 1 heterocycles. The molecule has 0 atom stereocenters. The Labute approximate surface area is 117 Å². The number of hydrogen-bond donors (Lipinski definition) is 1. The molecule has 0 aromatic heterocycles. The minimum absolute atomic E-state index is 0.662. The van der Waals surface area contributed by atoms with E-state index in [2.05, 4.69) is 34.5 Å². The van der Waals surface area contributed by atoms with Crippen molar-refractivity contribution in [2.75, 3.05) is 25.0 Å². The lowest BCUT2D eigenvalue weighted by molar-refractivity contribution is 0.180. The van der Waals surface area contributed by atoms with Crippen molar-refractivity contribution < 1.29 is 0 Å². The molecule has 19 heavy (non-hydrogen) atoms. The van der Waals surface area contributed by atoms with Gasteiger partial charge in [0, 0.05) is 30.7 Å². The summed E-state index contributed by atoms with van der Waals surface area (Å²) in [4.78, 5) is 2.57. The van der Waals surface area contributed by atoms with E-state index in [4.69, 9.17) is 0 Å². The summed E-state index contributed by atoms with van der Waals surface area (Å²) < 4.78 is 0. The zero-order valence-electron chi connectivity index (χ0n) is 12.1. The van der Waals surface area contributed by atoms with Crippen LogP contribution in [0.3, 0.4) is 0 Å². The summed E-state index contributed by atoms with van der Waals surface area (Å²) in [7, 11) is 2.01. The monoisotopic (exact) mass is 258 g/mol. The van der Waals surface area contributed by atoms with Gasteiger partial charge in [-0.2, -0.15) is 0 Å². The third-order valence-electron chi connectivity index (χ3n) is 4.87. The average molecular weight is 258 g/mol. The van der Waals surface area contributed by atoms with Crippen molar-refractivity contribution in [2.45, 2.75) is 45.1 Å². The van der Waals surface area contributed by atoms with Crippen LogP contribution in [0.25, 0.3) is 0 Å². The van der Waals surface area contributed by atoms with Gasteiger partial charge in [-0.15, -0.1) is 0 Å². The van der Waals surface area contributed by atoms with Crippen molar-refractivity contribution in [3.8, 4) is 0 Å². The third kappa shape index (κ3) is 2.79. The first-order valence-electron chi connectivity index (χ1n) is 7.80. The fraction of sp³-hybridized carbons (Fsp3) is 0.647. The molecular weight excluding hydrogens is 232 g/mol. The highest BCUT2D eigenvalue weighted by molar-refractivity contribution is 5.51. The molecule has 2 fully saturated rings. The van der Waals surface area contributed by atoms with Crippen LogP contribution in [0.15, 0.2) is 24.3 Å². The standard InChI is InChI=1S/C17H26N2/c1-18-12-15-7-6-8-16(11-15)19-13-17(14-19)9-4-2-3-5-10-17/h6-8,11,18H,2-5,9-10,12-14H2,1H3. The maximum absolute atomic E-state index is 3.23. The van der Waals surface area contributed by atoms with E-state index in [0.717, 1.165) is 6.54 Å². The van der Waals surface area contributed by atoms with Gasteiger partial charge in [-0.25, -0.2) is 0 Å². The van der Waals surface area contributed by atoms with Gasteiger partial charge in [0.05, 0.1) is 0 Å². The highest BCUT2D eigenvalue weighted by atomic mass is 15.2. The first-order valence-corrected chi connectivity index (χ1v) is 7.80. The Balaban J connectivity index is 1.64. The van der Waals surface area contributed by atoms with Crippen molar-refractivity contribution in [1.82, 2.24) is 5.32 Å². The van der Waals surface area contributed by atoms with Crippen LogP contribution in [0, 0.1) is 5.41 Å². The molecule has 1 aromatic carbocycles. The third-order valence-corrected chi connectivity index (χ3v) is 4.87. The van der Waals surface area contributed by atoms with Crippen LogP contribution >= 0.6 is 0 Å². The smallest absolute Gasteiger partial charge is 0.0369 e. The fourth-order valence-corrected chi connectivity index (χ4v) is 3.81. The maximum atomic E-state index is 3.23. The van der Waals surface area contributed by atoms with E-state index >= 15 is 0 Å². The van der Waals surface area contributed by atoms with Crippen molar-refractivity contribution in [1.29, 1.82) is 0 Å². The van der Waals surface area contributed by atoms with Crippen LogP contribution in [0.5, 0.6) is 0 Å². The Kier molecular flexibility index (Phi) is 3.79. The van der Waals surface area contributed by atoms with E-state index in [9.17, 15) is 0 Å². The van der Waals surface area contributed by atoms with Gasteiger partial charge in [0.15, 0.2) is 0 Å². The molecule has 0 radical (unpaired) electrons. The van der Waals surface area contributed by atoms with Crippen LogP contribution in [0.1, 0.15) is 44.1 Å². The van der Waals surface area contributed by atoms with Gasteiger partial charge >= 0.3 is 0 Å². The number of anilines is 1. The minimum atomic E-state index is 0.662. The van der Waals surface area contributed by atoms with Crippen LogP contribution in [-0.4, -0.2) is 20.1 Å². The number of benzene rings is 1. The summed E-state index contributed by atoms with van der Waals surface area (Å²) in [6.45, 7) is 3.54.